The van der Waals surface area contributed by atoms with Crippen LogP contribution in [0.25, 0.3) is 21.1 Å². The summed E-state index contributed by atoms with van der Waals surface area (Å²) in [7, 11) is 3.64. The largest absolute Gasteiger partial charge is 0.344 e. The van der Waals surface area contributed by atoms with Crippen molar-refractivity contribution in [2.45, 2.75) is 18.9 Å². The van der Waals surface area contributed by atoms with Crippen molar-refractivity contribution in [3.05, 3.63) is 70.9 Å². The molecular formula is C24H24N4OS. The van der Waals surface area contributed by atoms with Crippen molar-refractivity contribution in [1.29, 1.82) is 0 Å². The zero-order valence-corrected chi connectivity index (χ0v) is 18.0. The second-order valence-corrected chi connectivity index (χ2v) is 9.15. The highest BCUT2D eigenvalue weighted by Gasteiger charge is 2.31. The van der Waals surface area contributed by atoms with Crippen LogP contribution in [0.2, 0.25) is 0 Å². The van der Waals surface area contributed by atoms with Gasteiger partial charge in [-0.1, -0.05) is 18.2 Å². The second-order valence-electron chi connectivity index (χ2n) is 8.15. The summed E-state index contributed by atoms with van der Waals surface area (Å²) in [5.41, 5.74) is 3.52. The molecule has 30 heavy (non-hydrogen) atoms. The van der Waals surface area contributed by atoms with Crippen LogP contribution in [0, 0.1) is 0 Å². The quantitative estimate of drug-likeness (QED) is 0.490. The molecule has 0 unspecified atom stereocenters. The molecule has 1 amide bonds. The summed E-state index contributed by atoms with van der Waals surface area (Å²) in [6.07, 6.45) is 4.70. The number of fused-ring (bicyclic) bond motifs is 2. The molecule has 4 heterocycles. The number of rotatable bonds is 4. The van der Waals surface area contributed by atoms with Gasteiger partial charge in [-0.3, -0.25) is 14.7 Å². The molecule has 0 radical (unpaired) electrons. The van der Waals surface area contributed by atoms with Crippen molar-refractivity contribution in [2.24, 2.45) is 0 Å². The lowest BCUT2D eigenvalue weighted by atomic mass is 9.95. The minimum Gasteiger partial charge on any atom is -0.344 e. The van der Waals surface area contributed by atoms with Crippen molar-refractivity contribution in [3.63, 3.8) is 0 Å². The van der Waals surface area contributed by atoms with Gasteiger partial charge >= 0.3 is 0 Å². The monoisotopic (exact) mass is 416 g/mol. The molecule has 0 bridgehead atoms. The highest BCUT2D eigenvalue weighted by atomic mass is 32.1. The summed E-state index contributed by atoms with van der Waals surface area (Å²) in [4.78, 5) is 27.8. The van der Waals surface area contributed by atoms with Gasteiger partial charge in [0.25, 0.3) is 5.91 Å². The number of hydrogen-bond donors (Lipinski definition) is 0. The number of amides is 1. The molecule has 1 fully saturated rings. The summed E-state index contributed by atoms with van der Waals surface area (Å²) >= 11 is 1.53. The predicted molar refractivity (Wildman–Crippen MR) is 122 cm³/mol. The number of benzene rings is 1. The van der Waals surface area contributed by atoms with E-state index in [0.717, 1.165) is 46.7 Å². The maximum Gasteiger partial charge on any atom is 0.263 e. The minimum absolute atomic E-state index is 0.0773. The summed E-state index contributed by atoms with van der Waals surface area (Å²) in [6, 6.07) is 14.7. The van der Waals surface area contributed by atoms with Crippen molar-refractivity contribution < 1.29 is 4.79 Å². The van der Waals surface area contributed by atoms with Gasteiger partial charge in [-0.2, -0.15) is 0 Å². The van der Waals surface area contributed by atoms with Gasteiger partial charge in [0.05, 0.1) is 10.4 Å². The molecule has 0 aliphatic carbocycles. The van der Waals surface area contributed by atoms with Gasteiger partial charge in [0.1, 0.15) is 4.83 Å². The van der Waals surface area contributed by atoms with Crippen molar-refractivity contribution in [2.75, 3.05) is 27.2 Å². The van der Waals surface area contributed by atoms with Crippen LogP contribution < -0.4 is 0 Å². The van der Waals surface area contributed by atoms with E-state index in [2.05, 4.69) is 45.2 Å². The summed E-state index contributed by atoms with van der Waals surface area (Å²) in [6.45, 7) is 2.90. The summed E-state index contributed by atoms with van der Waals surface area (Å²) < 4.78 is 0. The molecule has 1 aliphatic heterocycles. The molecule has 0 spiro atoms. The van der Waals surface area contributed by atoms with E-state index in [4.69, 9.17) is 0 Å². The topological polar surface area (TPSA) is 49.3 Å². The smallest absolute Gasteiger partial charge is 0.263 e. The Kier molecular flexibility index (Phi) is 4.97. The Labute approximate surface area is 180 Å². The van der Waals surface area contributed by atoms with Crippen LogP contribution in [0.4, 0.5) is 0 Å². The zero-order chi connectivity index (χ0) is 20.7. The van der Waals surface area contributed by atoms with Gasteiger partial charge in [0.2, 0.25) is 0 Å². The fourth-order valence-corrected chi connectivity index (χ4v) is 5.66. The number of carbonyl (C=O) groups excluding carboxylic acids is 1. The normalized spacial score (nSPS) is 17.1. The van der Waals surface area contributed by atoms with Crippen LogP contribution in [0.5, 0.6) is 0 Å². The third-order valence-electron chi connectivity index (χ3n) is 5.86. The molecule has 1 saturated heterocycles. The lowest BCUT2D eigenvalue weighted by Gasteiger charge is -2.18. The maximum atomic E-state index is 12.9. The van der Waals surface area contributed by atoms with Crippen LogP contribution in [0.1, 0.15) is 33.1 Å². The van der Waals surface area contributed by atoms with Gasteiger partial charge in [-0.15, -0.1) is 11.3 Å². The SMILES string of the molecule is CN(C)C(=O)c1sc2ncccc2c1[C@@H]1CCN(Cc2ccc3ncccc3c2)C1. The molecule has 0 N–H and O–H groups in total. The maximum absolute atomic E-state index is 12.9. The lowest BCUT2D eigenvalue weighted by molar-refractivity contribution is 0.0831. The van der Waals surface area contributed by atoms with Crippen molar-refractivity contribution in [3.8, 4) is 0 Å². The van der Waals surface area contributed by atoms with E-state index in [0.29, 0.717) is 5.92 Å². The molecule has 5 rings (SSSR count). The van der Waals surface area contributed by atoms with E-state index < -0.39 is 0 Å². The van der Waals surface area contributed by atoms with Gasteiger partial charge in [-0.25, -0.2) is 4.98 Å². The Morgan fingerprint density at radius 1 is 1.17 bits per heavy atom. The number of aromatic nitrogens is 2. The zero-order valence-electron chi connectivity index (χ0n) is 17.2. The highest BCUT2D eigenvalue weighted by molar-refractivity contribution is 7.20. The number of nitrogens with zero attached hydrogens (tertiary/aromatic N) is 4. The average molecular weight is 417 g/mol. The molecule has 1 aliphatic rings. The Balaban J connectivity index is 1.42. The van der Waals surface area contributed by atoms with Crippen LogP contribution in [-0.2, 0) is 6.54 Å². The number of likely N-dealkylation sites (tertiary alicyclic amines) is 1. The lowest BCUT2D eigenvalue weighted by Crippen LogP contribution is -2.23. The highest BCUT2D eigenvalue weighted by Crippen LogP contribution is 2.40. The fourth-order valence-electron chi connectivity index (χ4n) is 4.41. The third-order valence-corrected chi connectivity index (χ3v) is 6.98. The first-order valence-electron chi connectivity index (χ1n) is 10.3. The van der Waals surface area contributed by atoms with E-state index >= 15 is 0 Å². The van der Waals surface area contributed by atoms with Crippen LogP contribution in [-0.4, -0.2) is 52.9 Å². The molecular weight excluding hydrogens is 392 g/mol. The first kappa shape index (κ1) is 19.2. The van der Waals surface area contributed by atoms with Crippen LogP contribution in [0.15, 0.2) is 54.9 Å². The van der Waals surface area contributed by atoms with E-state index in [1.54, 1.807) is 4.90 Å². The molecule has 1 atom stereocenters. The Morgan fingerprint density at radius 3 is 2.87 bits per heavy atom. The van der Waals surface area contributed by atoms with Crippen LogP contribution >= 0.6 is 11.3 Å². The van der Waals surface area contributed by atoms with Gasteiger partial charge in [0, 0.05) is 56.3 Å². The molecule has 3 aromatic heterocycles. The second kappa shape index (κ2) is 7.78. The Bertz CT molecular complexity index is 1230. The van der Waals surface area contributed by atoms with E-state index in [-0.39, 0.29) is 5.91 Å². The number of pyridine rings is 2. The van der Waals surface area contributed by atoms with Gasteiger partial charge in [-0.05, 0) is 48.4 Å². The molecule has 4 aromatic rings. The standard InChI is InChI=1S/C24H24N4OS/c1-27(2)24(29)22-21(19-6-4-11-26-23(19)30-22)18-9-12-28(15-18)14-16-7-8-20-17(13-16)5-3-10-25-20/h3-8,10-11,13,18H,9,12,14-15H2,1-2H3/t18-/m1/s1. The van der Waals surface area contributed by atoms with E-state index in [9.17, 15) is 4.79 Å². The Morgan fingerprint density at radius 2 is 2.00 bits per heavy atom. The van der Waals surface area contributed by atoms with Gasteiger partial charge in [0.15, 0.2) is 0 Å². The number of thiophene rings is 1. The molecule has 1 aromatic carbocycles. The Hall–Kier alpha value is -2.83. The molecule has 0 saturated carbocycles. The van der Waals surface area contributed by atoms with Crippen molar-refractivity contribution in [1.82, 2.24) is 19.8 Å². The minimum atomic E-state index is 0.0773. The first-order chi connectivity index (χ1) is 14.6. The average Bonchev–Trinajstić information content (AvgIpc) is 3.37. The van der Waals surface area contributed by atoms with Crippen LogP contribution in [0.3, 0.4) is 0 Å². The molecule has 6 heteroatoms. The van der Waals surface area contributed by atoms with E-state index in [1.807, 2.05) is 38.6 Å². The third kappa shape index (κ3) is 3.46. The first-order valence-corrected chi connectivity index (χ1v) is 11.1. The van der Waals surface area contributed by atoms with Crippen molar-refractivity contribution >= 4 is 38.4 Å². The molecule has 5 nitrogen and oxygen atoms in total. The predicted octanol–water partition coefficient (Wildman–Crippen LogP) is 4.54. The van der Waals surface area contributed by atoms with Gasteiger partial charge < -0.3 is 4.90 Å². The number of carbonyl (C=O) groups is 1. The summed E-state index contributed by atoms with van der Waals surface area (Å²) in [5.74, 6) is 0.428. The fraction of sp³-hybridized carbons (Fsp3) is 0.292. The molecule has 152 valence electrons. The van der Waals surface area contributed by atoms with E-state index in [1.165, 1.54) is 27.8 Å². The summed E-state index contributed by atoms with van der Waals surface area (Å²) in [5, 5.41) is 2.32. The number of hydrogen-bond acceptors (Lipinski definition) is 5.